The SMILES string of the molecule is Cc1cnc(NCCc2ncon2)c(Br)c1. The van der Waals surface area contributed by atoms with Crippen molar-refractivity contribution >= 4 is 21.7 Å². The summed E-state index contributed by atoms with van der Waals surface area (Å²) in [6.07, 6.45) is 3.86. The Morgan fingerprint density at radius 1 is 1.44 bits per heavy atom. The Hall–Kier alpha value is -1.43. The van der Waals surface area contributed by atoms with Crippen LogP contribution in [0.2, 0.25) is 0 Å². The summed E-state index contributed by atoms with van der Waals surface area (Å²) in [6.45, 7) is 2.72. The lowest BCUT2D eigenvalue weighted by molar-refractivity contribution is 0.410. The average Bonchev–Trinajstić information content (AvgIpc) is 2.74. The van der Waals surface area contributed by atoms with Crippen LogP contribution < -0.4 is 5.32 Å². The summed E-state index contributed by atoms with van der Waals surface area (Å²) in [5.41, 5.74) is 1.12. The monoisotopic (exact) mass is 282 g/mol. The summed E-state index contributed by atoms with van der Waals surface area (Å²) in [6, 6.07) is 2.02. The Morgan fingerprint density at radius 2 is 2.31 bits per heavy atom. The molecule has 2 rings (SSSR count). The molecule has 0 atom stereocenters. The van der Waals surface area contributed by atoms with Gasteiger partial charge in [0.05, 0.1) is 4.47 Å². The predicted molar refractivity (Wildman–Crippen MR) is 63.2 cm³/mol. The molecule has 0 saturated carbocycles. The molecule has 2 aromatic heterocycles. The minimum atomic E-state index is 0.690. The Bertz CT molecular complexity index is 458. The molecule has 0 aromatic carbocycles. The van der Waals surface area contributed by atoms with Gasteiger partial charge in [0.15, 0.2) is 5.82 Å². The van der Waals surface area contributed by atoms with Crippen LogP contribution in [-0.4, -0.2) is 21.7 Å². The maximum Gasteiger partial charge on any atom is 0.213 e. The maximum absolute atomic E-state index is 4.64. The quantitative estimate of drug-likeness (QED) is 0.931. The van der Waals surface area contributed by atoms with Crippen molar-refractivity contribution in [3.05, 3.63) is 34.5 Å². The molecule has 0 spiro atoms. The topological polar surface area (TPSA) is 63.8 Å². The number of nitrogens with zero attached hydrogens (tertiary/aromatic N) is 3. The van der Waals surface area contributed by atoms with Gasteiger partial charge in [-0.05, 0) is 34.5 Å². The molecule has 0 radical (unpaired) electrons. The van der Waals surface area contributed by atoms with Gasteiger partial charge in [-0.15, -0.1) is 0 Å². The van der Waals surface area contributed by atoms with E-state index in [0.29, 0.717) is 18.8 Å². The first-order chi connectivity index (χ1) is 7.75. The summed E-state index contributed by atoms with van der Waals surface area (Å²) < 4.78 is 5.60. The molecule has 2 aromatic rings. The van der Waals surface area contributed by atoms with Gasteiger partial charge in [-0.1, -0.05) is 5.16 Å². The molecule has 5 nitrogen and oxygen atoms in total. The van der Waals surface area contributed by atoms with E-state index in [1.165, 1.54) is 6.39 Å². The molecule has 16 heavy (non-hydrogen) atoms. The van der Waals surface area contributed by atoms with Crippen LogP contribution in [0.3, 0.4) is 0 Å². The van der Waals surface area contributed by atoms with Crippen LogP contribution in [0.25, 0.3) is 0 Å². The molecule has 0 unspecified atom stereocenters. The van der Waals surface area contributed by atoms with Gasteiger partial charge in [-0.2, -0.15) is 4.98 Å². The third-order valence-electron chi connectivity index (χ3n) is 2.03. The molecular formula is C10H11BrN4O. The summed E-state index contributed by atoms with van der Waals surface area (Å²) in [4.78, 5) is 8.21. The van der Waals surface area contributed by atoms with E-state index < -0.39 is 0 Å². The highest BCUT2D eigenvalue weighted by atomic mass is 79.9. The molecule has 1 N–H and O–H groups in total. The summed E-state index contributed by atoms with van der Waals surface area (Å²) in [7, 11) is 0. The number of rotatable bonds is 4. The van der Waals surface area contributed by atoms with Crippen molar-refractivity contribution < 1.29 is 4.52 Å². The Labute approximate surface area is 101 Å². The Kier molecular flexibility index (Phi) is 3.51. The van der Waals surface area contributed by atoms with E-state index in [2.05, 4.69) is 40.9 Å². The standard InChI is InChI=1S/C10H11BrN4O/c1-7-4-8(11)10(13-5-7)12-3-2-9-14-6-16-15-9/h4-6H,2-3H2,1H3,(H,12,13). The molecule has 0 aliphatic rings. The third-order valence-corrected chi connectivity index (χ3v) is 2.63. The lowest BCUT2D eigenvalue weighted by Gasteiger charge is -2.06. The summed E-state index contributed by atoms with van der Waals surface area (Å²) in [5.74, 6) is 1.52. The van der Waals surface area contributed by atoms with Crippen molar-refractivity contribution in [1.29, 1.82) is 0 Å². The van der Waals surface area contributed by atoms with E-state index in [-0.39, 0.29) is 0 Å². The number of nitrogens with one attached hydrogen (secondary N) is 1. The normalized spacial score (nSPS) is 10.4. The van der Waals surface area contributed by atoms with Gasteiger partial charge in [-0.25, -0.2) is 4.98 Å². The zero-order valence-corrected chi connectivity index (χ0v) is 10.4. The predicted octanol–water partition coefficient (Wildman–Crippen LogP) is 2.19. The van der Waals surface area contributed by atoms with Crippen LogP contribution in [0.1, 0.15) is 11.4 Å². The maximum atomic E-state index is 4.64. The van der Waals surface area contributed by atoms with Crippen LogP contribution in [0.4, 0.5) is 5.82 Å². The number of halogens is 1. The van der Waals surface area contributed by atoms with E-state index >= 15 is 0 Å². The Balaban J connectivity index is 1.90. The van der Waals surface area contributed by atoms with Gasteiger partial charge in [0, 0.05) is 19.2 Å². The first-order valence-corrected chi connectivity index (χ1v) is 5.66. The van der Waals surface area contributed by atoms with Crippen LogP contribution in [0, 0.1) is 6.92 Å². The lowest BCUT2D eigenvalue weighted by atomic mass is 10.3. The second-order valence-corrected chi connectivity index (χ2v) is 4.22. The molecule has 0 fully saturated rings. The average molecular weight is 283 g/mol. The van der Waals surface area contributed by atoms with Gasteiger partial charge in [0.2, 0.25) is 6.39 Å². The van der Waals surface area contributed by atoms with Crippen molar-refractivity contribution in [3.8, 4) is 0 Å². The van der Waals surface area contributed by atoms with E-state index in [9.17, 15) is 0 Å². The number of hydrogen-bond acceptors (Lipinski definition) is 5. The van der Waals surface area contributed by atoms with Crippen molar-refractivity contribution in [2.75, 3.05) is 11.9 Å². The zero-order chi connectivity index (χ0) is 11.4. The number of aromatic nitrogens is 3. The highest BCUT2D eigenvalue weighted by Gasteiger charge is 2.02. The van der Waals surface area contributed by atoms with Crippen LogP contribution in [0.5, 0.6) is 0 Å². The fourth-order valence-corrected chi connectivity index (χ4v) is 1.86. The summed E-state index contributed by atoms with van der Waals surface area (Å²) in [5, 5.41) is 6.92. The van der Waals surface area contributed by atoms with E-state index in [4.69, 9.17) is 0 Å². The van der Waals surface area contributed by atoms with E-state index in [1.807, 2.05) is 19.2 Å². The molecule has 2 heterocycles. The van der Waals surface area contributed by atoms with Gasteiger partial charge in [-0.3, -0.25) is 0 Å². The smallest absolute Gasteiger partial charge is 0.213 e. The number of anilines is 1. The minimum Gasteiger partial charge on any atom is -0.369 e. The van der Waals surface area contributed by atoms with Gasteiger partial charge in [0.1, 0.15) is 5.82 Å². The van der Waals surface area contributed by atoms with Crippen molar-refractivity contribution in [3.63, 3.8) is 0 Å². The first kappa shape index (κ1) is 11.1. The van der Waals surface area contributed by atoms with Crippen molar-refractivity contribution in [2.45, 2.75) is 13.3 Å². The summed E-state index contributed by atoms with van der Waals surface area (Å²) >= 11 is 3.45. The second-order valence-electron chi connectivity index (χ2n) is 3.37. The molecule has 0 aliphatic carbocycles. The third kappa shape index (κ3) is 2.79. The molecule has 0 bridgehead atoms. The van der Waals surface area contributed by atoms with E-state index in [1.54, 1.807) is 0 Å². The number of aryl methyl sites for hydroxylation is 1. The second kappa shape index (κ2) is 5.07. The fraction of sp³-hybridized carbons (Fsp3) is 0.300. The van der Waals surface area contributed by atoms with E-state index in [0.717, 1.165) is 15.9 Å². The zero-order valence-electron chi connectivity index (χ0n) is 8.77. The number of hydrogen-bond donors (Lipinski definition) is 1. The molecule has 0 amide bonds. The largest absolute Gasteiger partial charge is 0.369 e. The molecule has 84 valence electrons. The molecule has 0 aliphatic heterocycles. The number of pyridine rings is 1. The molecule has 0 saturated heterocycles. The highest BCUT2D eigenvalue weighted by molar-refractivity contribution is 9.10. The van der Waals surface area contributed by atoms with Gasteiger partial charge >= 0.3 is 0 Å². The highest BCUT2D eigenvalue weighted by Crippen LogP contribution is 2.20. The first-order valence-electron chi connectivity index (χ1n) is 4.87. The van der Waals surface area contributed by atoms with Crippen molar-refractivity contribution in [2.24, 2.45) is 0 Å². The Morgan fingerprint density at radius 3 is 3.00 bits per heavy atom. The van der Waals surface area contributed by atoms with Gasteiger partial charge in [0.25, 0.3) is 0 Å². The lowest BCUT2D eigenvalue weighted by Crippen LogP contribution is -2.07. The van der Waals surface area contributed by atoms with Crippen LogP contribution >= 0.6 is 15.9 Å². The molecule has 6 heteroatoms. The minimum absolute atomic E-state index is 0.690. The fourth-order valence-electron chi connectivity index (χ4n) is 1.26. The van der Waals surface area contributed by atoms with Gasteiger partial charge < -0.3 is 9.84 Å². The molecular weight excluding hydrogens is 272 g/mol. The van der Waals surface area contributed by atoms with Crippen molar-refractivity contribution in [1.82, 2.24) is 15.1 Å². The van der Waals surface area contributed by atoms with Crippen LogP contribution in [-0.2, 0) is 6.42 Å². The van der Waals surface area contributed by atoms with Crippen LogP contribution in [0.15, 0.2) is 27.7 Å².